The van der Waals surface area contributed by atoms with Crippen molar-refractivity contribution in [2.75, 3.05) is 20.2 Å². The van der Waals surface area contributed by atoms with Crippen molar-refractivity contribution in [2.45, 2.75) is 18.8 Å². The summed E-state index contributed by atoms with van der Waals surface area (Å²) in [7, 11) is 1.54. The third kappa shape index (κ3) is 3.63. The molecule has 0 saturated carbocycles. The van der Waals surface area contributed by atoms with Crippen LogP contribution in [-0.2, 0) is 0 Å². The Kier molecular flexibility index (Phi) is 5.08. The van der Waals surface area contributed by atoms with Crippen LogP contribution in [0.2, 0.25) is 0 Å². The van der Waals surface area contributed by atoms with Gasteiger partial charge in [-0.2, -0.15) is 0 Å². The molecule has 0 bridgehead atoms. The summed E-state index contributed by atoms with van der Waals surface area (Å²) in [5.41, 5.74) is 2.60. The molecule has 0 unspecified atom stereocenters. The molecule has 0 spiro atoms. The van der Waals surface area contributed by atoms with E-state index in [1.165, 1.54) is 0 Å². The van der Waals surface area contributed by atoms with Gasteiger partial charge in [0.05, 0.1) is 7.11 Å². The van der Waals surface area contributed by atoms with Crippen molar-refractivity contribution in [1.82, 2.24) is 24.8 Å². The Morgan fingerprint density at radius 3 is 2.45 bits per heavy atom. The quantitative estimate of drug-likeness (QED) is 0.546. The summed E-state index contributed by atoms with van der Waals surface area (Å²) in [6, 6.07) is 12.2. The van der Waals surface area contributed by atoms with Gasteiger partial charge < -0.3 is 14.6 Å². The number of hydrogen-bond donors (Lipinski definition) is 1. The summed E-state index contributed by atoms with van der Waals surface area (Å²) >= 11 is 0. The number of carbonyl (C=O) groups excluding carboxylic acids is 1. The van der Waals surface area contributed by atoms with Crippen LogP contribution in [0.4, 0.5) is 0 Å². The van der Waals surface area contributed by atoms with Gasteiger partial charge in [0.15, 0.2) is 0 Å². The van der Waals surface area contributed by atoms with E-state index in [0.717, 1.165) is 59.2 Å². The molecule has 0 radical (unpaired) electrons. The molecule has 1 fully saturated rings. The standard InChI is InChI=1S/C24H23N5O2/c1-31-24-27-14-17(15-28-24)18-6-7-21(20-5-3-2-4-19(18)20)23(30)29-12-8-16(9-13-29)22-25-10-11-26-22/h2-7,10-11,14-16H,8-9,12-13H2,1H3,(H,25,26). The lowest BCUT2D eigenvalue weighted by atomic mass is 9.93. The monoisotopic (exact) mass is 413 g/mol. The number of benzene rings is 2. The zero-order chi connectivity index (χ0) is 21.2. The molecule has 7 nitrogen and oxygen atoms in total. The first-order valence-electron chi connectivity index (χ1n) is 10.4. The number of carbonyl (C=O) groups is 1. The Morgan fingerprint density at radius 1 is 1.03 bits per heavy atom. The SMILES string of the molecule is COc1ncc(-c2ccc(C(=O)N3CCC(c4ncc[nH]4)CC3)c3ccccc23)cn1. The van der Waals surface area contributed by atoms with Crippen molar-refractivity contribution >= 4 is 16.7 Å². The Labute approximate surface area is 180 Å². The summed E-state index contributed by atoms with van der Waals surface area (Å²) < 4.78 is 5.06. The first-order chi connectivity index (χ1) is 15.2. The van der Waals surface area contributed by atoms with Crippen molar-refractivity contribution < 1.29 is 9.53 Å². The van der Waals surface area contributed by atoms with E-state index < -0.39 is 0 Å². The molecule has 1 aliphatic rings. The number of aromatic amines is 1. The van der Waals surface area contributed by atoms with E-state index in [9.17, 15) is 4.79 Å². The smallest absolute Gasteiger partial charge is 0.316 e. The number of hydrogen-bond acceptors (Lipinski definition) is 5. The molecule has 0 atom stereocenters. The van der Waals surface area contributed by atoms with Crippen LogP contribution in [0.3, 0.4) is 0 Å². The molecule has 1 amide bonds. The van der Waals surface area contributed by atoms with Crippen LogP contribution in [0.15, 0.2) is 61.2 Å². The number of amides is 1. The number of H-pyrrole nitrogens is 1. The average Bonchev–Trinajstić information content (AvgIpc) is 3.38. The minimum absolute atomic E-state index is 0.0756. The molecule has 7 heteroatoms. The maximum Gasteiger partial charge on any atom is 0.316 e. The molecule has 1 saturated heterocycles. The van der Waals surface area contributed by atoms with Crippen molar-refractivity contribution in [3.8, 4) is 17.1 Å². The second kappa shape index (κ2) is 8.18. The molecular weight excluding hydrogens is 390 g/mol. The first kappa shape index (κ1) is 19.2. The van der Waals surface area contributed by atoms with Crippen LogP contribution in [0.1, 0.15) is 34.9 Å². The fourth-order valence-electron chi connectivity index (χ4n) is 4.33. The van der Waals surface area contributed by atoms with Gasteiger partial charge in [-0.3, -0.25) is 4.79 Å². The number of fused-ring (bicyclic) bond motifs is 1. The second-order valence-electron chi connectivity index (χ2n) is 7.71. The zero-order valence-corrected chi connectivity index (χ0v) is 17.3. The molecule has 156 valence electrons. The minimum Gasteiger partial charge on any atom is -0.467 e. The fourth-order valence-corrected chi connectivity index (χ4v) is 4.33. The predicted octanol–water partition coefficient (Wildman–Crippen LogP) is 4.05. The van der Waals surface area contributed by atoms with E-state index in [4.69, 9.17) is 4.74 Å². The van der Waals surface area contributed by atoms with Crippen molar-refractivity contribution in [2.24, 2.45) is 0 Å². The lowest BCUT2D eigenvalue weighted by Crippen LogP contribution is -2.38. The van der Waals surface area contributed by atoms with E-state index >= 15 is 0 Å². The van der Waals surface area contributed by atoms with E-state index in [2.05, 4.69) is 19.9 Å². The van der Waals surface area contributed by atoms with E-state index in [-0.39, 0.29) is 5.91 Å². The Bertz CT molecular complexity index is 1200. The number of nitrogens with zero attached hydrogens (tertiary/aromatic N) is 4. The average molecular weight is 413 g/mol. The fraction of sp³-hybridized carbons (Fsp3) is 0.250. The van der Waals surface area contributed by atoms with Crippen molar-refractivity contribution in [3.63, 3.8) is 0 Å². The van der Waals surface area contributed by atoms with Gasteiger partial charge in [-0.05, 0) is 35.2 Å². The highest BCUT2D eigenvalue weighted by atomic mass is 16.5. The topological polar surface area (TPSA) is 84.0 Å². The number of nitrogens with one attached hydrogen (secondary N) is 1. The molecule has 5 rings (SSSR count). The van der Waals surface area contributed by atoms with E-state index in [1.807, 2.05) is 47.5 Å². The third-order valence-corrected chi connectivity index (χ3v) is 5.96. The lowest BCUT2D eigenvalue weighted by Gasteiger charge is -2.31. The summed E-state index contributed by atoms with van der Waals surface area (Å²) in [6.07, 6.45) is 8.96. The molecule has 2 aromatic heterocycles. The van der Waals surface area contributed by atoms with E-state index in [1.54, 1.807) is 25.7 Å². The highest BCUT2D eigenvalue weighted by Crippen LogP contribution is 2.32. The summed E-state index contributed by atoms with van der Waals surface area (Å²) in [5.74, 6) is 1.48. The van der Waals surface area contributed by atoms with Crippen LogP contribution in [0.5, 0.6) is 6.01 Å². The highest BCUT2D eigenvalue weighted by molar-refractivity contribution is 6.10. The highest BCUT2D eigenvalue weighted by Gasteiger charge is 2.26. The molecule has 1 aliphatic heterocycles. The number of ether oxygens (including phenoxy) is 1. The van der Waals surface area contributed by atoms with Crippen LogP contribution < -0.4 is 4.74 Å². The van der Waals surface area contributed by atoms with Crippen LogP contribution in [-0.4, -0.2) is 50.9 Å². The zero-order valence-electron chi connectivity index (χ0n) is 17.3. The molecular formula is C24H23N5O2. The second-order valence-corrected chi connectivity index (χ2v) is 7.71. The van der Waals surface area contributed by atoms with Crippen LogP contribution in [0, 0.1) is 0 Å². The maximum absolute atomic E-state index is 13.4. The maximum atomic E-state index is 13.4. The van der Waals surface area contributed by atoms with Gasteiger partial charge in [0, 0.05) is 54.9 Å². The Hall–Kier alpha value is -3.74. The number of imidazole rings is 1. The van der Waals surface area contributed by atoms with Gasteiger partial charge in [0.25, 0.3) is 5.91 Å². The molecule has 3 heterocycles. The van der Waals surface area contributed by atoms with Gasteiger partial charge in [-0.15, -0.1) is 0 Å². The van der Waals surface area contributed by atoms with E-state index in [0.29, 0.717) is 11.9 Å². The first-order valence-corrected chi connectivity index (χ1v) is 10.4. The summed E-state index contributed by atoms with van der Waals surface area (Å²) in [5, 5.41) is 1.95. The van der Waals surface area contributed by atoms with Gasteiger partial charge in [0.1, 0.15) is 5.82 Å². The number of rotatable bonds is 4. The van der Waals surface area contributed by atoms with Crippen molar-refractivity contribution in [3.05, 3.63) is 72.6 Å². The molecule has 2 aromatic carbocycles. The Balaban J connectivity index is 1.43. The number of aromatic nitrogens is 4. The normalized spacial score (nSPS) is 14.7. The largest absolute Gasteiger partial charge is 0.467 e. The van der Waals surface area contributed by atoms with Gasteiger partial charge in [0.2, 0.25) is 0 Å². The number of methoxy groups -OCH3 is 1. The van der Waals surface area contributed by atoms with Gasteiger partial charge in [-0.25, -0.2) is 15.0 Å². The molecule has 1 N–H and O–H groups in total. The molecule has 4 aromatic rings. The number of likely N-dealkylation sites (tertiary alicyclic amines) is 1. The molecule has 0 aliphatic carbocycles. The summed E-state index contributed by atoms with van der Waals surface area (Å²) in [4.78, 5) is 31.4. The van der Waals surface area contributed by atoms with Crippen molar-refractivity contribution in [1.29, 1.82) is 0 Å². The van der Waals surface area contributed by atoms with Crippen LogP contribution in [0.25, 0.3) is 21.9 Å². The third-order valence-electron chi connectivity index (χ3n) is 5.96. The number of piperidine rings is 1. The summed E-state index contributed by atoms with van der Waals surface area (Å²) in [6.45, 7) is 1.46. The minimum atomic E-state index is 0.0756. The molecule has 31 heavy (non-hydrogen) atoms. The predicted molar refractivity (Wildman–Crippen MR) is 118 cm³/mol. The van der Waals surface area contributed by atoms with Gasteiger partial charge in [-0.1, -0.05) is 30.3 Å². The van der Waals surface area contributed by atoms with Crippen LogP contribution >= 0.6 is 0 Å². The lowest BCUT2D eigenvalue weighted by molar-refractivity contribution is 0.0713. The van der Waals surface area contributed by atoms with Gasteiger partial charge >= 0.3 is 6.01 Å². The Morgan fingerprint density at radius 2 is 1.77 bits per heavy atom.